The summed E-state index contributed by atoms with van der Waals surface area (Å²) >= 11 is 0. The largest absolute Gasteiger partial charge is 0.370 e. The molecule has 1 aliphatic carbocycles. The van der Waals surface area contributed by atoms with Gasteiger partial charge in [-0.25, -0.2) is 4.98 Å². The Hall–Kier alpha value is -1.58. The number of nitrogens with zero attached hydrogens (tertiary/aromatic N) is 1. The van der Waals surface area contributed by atoms with Crippen molar-refractivity contribution >= 4 is 11.7 Å². The quantitative estimate of drug-likeness (QED) is 0.839. The molecular formula is C17H27N3O. The maximum atomic E-state index is 12.5. The van der Waals surface area contributed by atoms with E-state index in [0.29, 0.717) is 11.5 Å². The molecule has 4 nitrogen and oxygen atoms in total. The molecule has 0 unspecified atom stereocenters. The van der Waals surface area contributed by atoms with E-state index in [0.717, 1.165) is 37.3 Å². The number of pyridine rings is 1. The van der Waals surface area contributed by atoms with E-state index >= 15 is 0 Å². The van der Waals surface area contributed by atoms with E-state index in [-0.39, 0.29) is 11.4 Å². The molecule has 0 bridgehead atoms. The summed E-state index contributed by atoms with van der Waals surface area (Å²) in [5.74, 6) is 1.12. The van der Waals surface area contributed by atoms with Gasteiger partial charge >= 0.3 is 0 Å². The van der Waals surface area contributed by atoms with Crippen molar-refractivity contribution in [2.45, 2.75) is 64.8 Å². The van der Waals surface area contributed by atoms with Crippen molar-refractivity contribution in [2.75, 3.05) is 11.9 Å². The van der Waals surface area contributed by atoms with Crippen molar-refractivity contribution in [3.63, 3.8) is 0 Å². The van der Waals surface area contributed by atoms with Crippen LogP contribution in [0.3, 0.4) is 0 Å². The van der Waals surface area contributed by atoms with Gasteiger partial charge in [-0.3, -0.25) is 4.79 Å². The van der Waals surface area contributed by atoms with Crippen LogP contribution in [0.5, 0.6) is 0 Å². The van der Waals surface area contributed by atoms with Crippen LogP contribution in [0.4, 0.5) is 5.82 Å². The number of hydrogen-bond donors (Lipinski definition) is 2. The van der Waals surface area contributed by atoms with Crippen molar-refractivity contribution in [1.29, 1.82) is 0 Å². The van der Waals surface area contributed by atoms with Gasteiger partial charge in [0.25, 0.3) is 5.91 Å². The van der Waals surface area contributed by atoms with Crippen LogP contribution in [0, 0.1) is 0 Å². The molecule has 0 radical (unpaired) electrons. The fraction of sp³-hybridized carbons (Fsp3) is 0.647. The van der Waals surface area contributed by atoms with Gasteiger partial charge in [0.05, 0.1) is 0 Å². The van der Waals surface area contributed by atoms with Crippen LogP contribution in [-0.2, 0) is 0 Å². The van der Waals surface area contributed by atoms with Crippen molar-refractivity contribution < 1.29 is 4.79 Å². The molecule has 2 N–H and O–H groups in total. The maximum absolute atomic E-state index is 12.5. The molecule has 1 fully saturated rings. The Bertz CT molecular complexity index is 507. The summed E-state index contributed by atoms with van der Waals surface area (Å²) in [5.41, 5.74) is 1.65. The lowest BCUT2D eigenvalue weighted by Gasteiger charge is -2.39. The smallest absolute Gasteiger partial charge is 0.251 e. The monoisotopic (exact) mass is 289 g/mol. The number of amides is 1. The fourth-order valence-electron chi connectivity index (χ4n) is 2.50. The van der Waals surface area contributed by atoms with Gasteiger partial charge in [-0.1, -0.05) is 20.8 Å². The van der Waals surface area contributed by atoms with Gasteiger partial charge in [-0.05, 0) is 50.7 Å². The summed E-state index contributed by atoms with van der Waals surface area (Å²) in [4.78, 5) is 17.1. The van der Waals surface area contributed by atoms with Gasteiger partial charge in [-0.2, -0.15) is 0 Å². The third kappa shape index (κ3) is 3.96. The van der Waals surface area contributed by atoms with Gasteiger partial charge in [0.2, 0.25) is 0 Å². The molecular weight excluding hydrogens is 262 g/mol. The molecule has 0 aliphatic heterocycles. The third-order valence-electron chi connectivity index (χ3n) is 4.13. The Morgan fingerprint density at radius 2 is 2.10 bits per heavy atom. The number of carbonyl (C=O) groups is 1. The summed E-state index contributed by atoms with van der Waals surface area (Å²) in [5, 5.41) is 6.45. The van der Waals surface area contributed by atoms with Crippen LogP contribution in [-0.4, -0.2) is 23.0 Å². The van der Waals surface area contributed by atoms with Gasteiger partial charge < -0.3 is 10.6 Å². The molecule has 1 amide bonds. The molecule has 116 valence electrons. The first-order chi connectivity index (χ1) is 9.93. The van der Waals surface area contributed by atoms with Crippen molar-refractivity contribution in [2.24, 2.45) is 0 Å². The van der Waals surface area contributed by atoms with E-state index in [4.69, 9.17) is 0 Å². The van der Waals surface area contributed by atoms with Crippen LogP contribution in [0.1, 0.15) is 75.3 Å². The number of hydrogen-bond acceptors (Lipinski definition) is 3. The first-order valence-electron chi connectivity index (χ1n) is 8.02. The van der Waals surface area contributed by atoms with Crippen LogP contribution in [0.2, 0.25) is 0 Å². The minimum atomic E-state index is -0.0185. The lowest BCUT2D eigenvalue weighted by Crippen LogP contribution is -2.50. The van der Waals surface area contributed by atoms with Gasteiger partial charge in [0.15, 0.2) is 0 Å². The van der Waals surface area contributed by atoms with Crippen LogP contribution >= 0.6 is 0 Å². The molecule has 0 saturated heterocycles. The SMILES string of the molecule is CCCNc1cc(C(=O)NC2(C)CCC2)cc(C(C)C)n1. The highest BCUT2D eigenvalue weighted by atomic mass is 16.1. The Morgan fingerprint density at radius 3 is 2.62 bits per heavy atom. The molecule has 1 aromatic rings. The summed E-state index contributed by atoms with van der Waals surface area (Å²) in [6.45, 7) is 9.30. The standard InChI is InChI=1S/C17H27N3O/c1-5-9-18-15-11-13(10-14(19-15)12(2)3)16(21)20-17(4)7-6-8-17/h10-12H,5-9H2,1-4H3,(H,18,19)(H,20,21). The molecule has 0 aromatic carbocycles. The number of nitrogens with one attached hydrogen (secondary N) is 2. The molecule has 0 atom stereocenters. The summed E-state index contributed by atoms with van der Waals surface area (Å²) in [6.07, 6.45) is 4.38. The Balaban J connectivity index is 2.19. The van der Waals surface area contributed by atoms with Gasteiger partial charge in [0.1, 0.15) is 5.82 Å². The van der Waals surface area contributed by atoms with E-state index in [1.165, 1.54) is 6.42 Å². The second kappa shape index (κ2) is 6.46. The molecule has 1 aromatic heterocycles. The van der Waals surface area contributed by atoms with E-state index in [2.05, 4.69) is 43.3 Å². The van der Waals surface area contributed by atoms with Crippen molar-refractivity contribution in [3.8, 4) is 0 Å². The molecule has 1 saturated carbocycles. The summed E-state index contributed by atoms with van der Waals surface area (Å²) in [7, 11) is 0. The zero-order valence-electron chi connectivity index (χ0n) is 13.6. The zero-order valence-corrected chi connectivity index (χ0v) is 13.6. The van der Waals surface area contributed by atoms with Gasteiger partial charge in [-0.15, -0.1) is 0 Å². The lowest BCUT2D eigenvalue weighted by atomic mass is 9.78. The maximum Gasteiger partial charge on any atom is 0.251 e. The van der Waals surface area contributed by atoms with E-state index < -0.39 is 0 Å². The number of aromatic nitrogens is 1. The van der Waals surface area contributed by atoms with Crippen molar-refractivity contribution in [1.82, 2.24) is 10.3 Å². The van der Waals surface area contributed by atoms with E-state index in [9.17, 15) is 4.79 Å². The summed E-state index contributed by atoms with van der Waals surface area (Å²) in [6, 6.07) is 3.78. The second-order valence-corrected chi connectivity index (χ2v) is 6.62. The third-order valence-corrected chi connectivity index (χ3v) is 4.13. The highest BCUT2D eigenvalue weighted by Gasteiger charge is 2.33. The zero-order chi connectivity index (χ0) is 15.5. The molecule has 1 aliphatic rings. The molecule has 0 spiro atoms. The lowest BCUT2D eigenvalue weighted by molar-refractivity contribution is 0.0850. The number of carbonyl (C=O) groups excluding carboxylic acids is 1. The van der Waals surface area contributed by atoms with Crippen LogP contribution in [0.15, 0.2) is 12.1 Å². The first kappa shape index (κ1) is 15.8. The average Bonchev–Trinajstić information content (AvgIpc) is 2.42. The molecule has 21 heavy (non-hydrogen) atoms. The highest BCUT2D eigenvalue weighted by molar-refractivity contribution is 5.95. The molecule has 1 heterocycles. The Kier molecular flexibility index (Phi) is 4.86. The predicted molar refractivity (Wildman–Crippen MR) is 86.8 cm³/mol. The highest BCUT2D eigenvalue weighted by Crippen LogP contribution is 2.31. The Labute approximate surface area is 127 Å². The number of rotatable bonds is 6. The fourth-order valence-corrected chi connectivity index (χ4v) is 2.50. The Morgan fingerprint density at radius 1 is 1.38 bits per heavy atom. The normalized spacial score (nSPS) is 16.4. The topological polar surface area (TPSA) is 54.0 Å². The number of anilines is 1. The second-order valence-electron chi connectivity index (χ2n) is 6.62. The van der Waals surface area contributed by atoms with E-state index in [1.807, 2.05) is 12.1 Å². The van der Waals surface area contributed by atoms with Crippen LogP contribution < -0.4 is 10.6 Å². The van der Waals surface area contributed by atoms with Crippen LogP contribution in [0.25, 0.3) is 0 Å². The molecule has 4 heteroatoms. The minimum Gasteiger partial charge on any atom is -0.370 e. The minimum absolute atomic E-state index is 0.0149. The van der Waals surface area contributed by atoms with Crippen molar-refractivity contribution in [3.05, 3.63) is 23.4 Å². The first-order valence-corrected chi connectivity index (χ1v) is 8.02. The predicted octanol–water partition coefficient (Wildman–Crippen LogP) is 3.70. The summed E-state index contributed by atoms with van der Waals surface area (Å²) < 4.78 is 0. The van der Waals surface area contributed by atoms with E-state index in [1.54, 1.807) is 0 Å². The van der Waals surface area contributed by atoms with Gasteiger partial charge in [0, 0.05) is 23.3 Å². The molecule has 2 rings (SSSR count). The average molecular weight is 289 g/mol.